The van der Waals surface area contributed by atoms with Gasteiger partial charge in [-0.05, 0) is 62.4 Å². The summed E-state index contributed by atoms with van der Waals surface area (Å²) in [7, 11) is -4.22. The first-order valence-corrected chi connectivity index (χ1v) is 14.7. The lowest BCUT2D eigenvalue weighted by Crippen LogP contribution is -2.44. The SMILES string of the molecule is [C-]#[N+]C1(C)CCN(c2cccc(S(=O)(=O)NC(=O)C3(Oc4cc(C)ccc4OC4CCCC4)CC3)n2)CC1. The van der Waals surface area contributed by atoms with E-state index in [0.29, 0.717) is 56.1 Å². The Kier molecular flexibility index (Phi) is 6.99. The van der Waals surface area contributed by atoms with Crippen LogP contribution in [0, 0.1) is 13.5 Å². The van der Waals surface area contributed by atoms with E-state index in [2.05, 4.69) is 14.6 Å². The average Bonchev–Trinajstić information content (AvgIpc) is 3.51. The molecule has 1 aromatic carbocycles. The van der Waals surface area contributed by atoms with E-state index >= 15 is 0 Å². The highest BCUT2D eigenvalue weighted by atomic mass is 32.2. The van der Waals surface area contributed by atoms with Crippen LogP contribution in [0.15, 0.2) is 41.4 Å². The van der Waals surface area contributed by atoms with Gasteiger partial charge in [0.2, 0.25) is 5.54 Å². The highest BCUT2D eigenvalue weighted by Gasteiger charge is 2.54. The highest BCUT2D eigenvalue weighted by molar-refractivity contribution is 7.90. The number of hydrogen-bond acceptors (Lipinski definition) is 7. The van der Waals surface area contributed by atoms with Crippen molar-refractivity contribution in [1.29, 1.82) is 0 Å². The summed E-state index contributed by atoms with van der Waals surface area (Å²) in [6.07, 6.45) is 6.53. The number of carbonyl (C=O) groups is 1. The van der Waals surface area contributed by atoms with E-state index in [0.717, 1.165) is 31.2 Å². The summed E-state index contributed by atoms with van der Waals surface area (Å²) in [4.78, 5) is 23.3. The molecule has 1 N–H and O–H groups in total. The molecule has 2 saturated carbocycles. The van der Waals surface area contributed by atoms with E-state index in [1.165, 1.54) is 6.07 Å². The average molecular weight is 539 g/mol. The van der Waals surface area contributed by atoms with Gasteiger partial charge in [0, 0.05) is 45.7 Å². The van der Waals surface area contributed by atoms with Crippen LogP contribution in [-0.4, -0.2) is 49.6 Å². The number of carbonyl (C=O) groups excluding carboxylic acids is 1. The molecule has 1 aromatic heterocycles. The summed E-state index contributed by atoms with van der Waals surface area (Å²) in [6, 6.07) is 10.4. The standard InChI is InChI=1S/C28H34N4O5S/c1-20-11-12-22(36-21-7-4-5-8-21)23(19-20)37-28(13-14-28)26(33)31-38(34,35)25-10-6-9-24(30-25)32-17-15-27(2,29-3)16-18-32/h6,9-12,19,21H,4-5,7-8,13-18H2,1-2H3,(H,31,33). The molecule has 1 saturated heterocycles. The van der Waals surface area contributed by atoms with Crippen molar-refractivity contribution < 1.29 is 22.7 Å². The van der Waals surface area contributed by atoms with E-state index in [9.17, 15) is 13.2 Å². The third-order valence-corrected chi connectivity index (χ3v) is 9.00. The Hall–Kier alpha value is -3.32. The fraction of sp³-hybridized carbons (Fsp3) is 0.536. The number of pyridine rings is 1. The predicted octanol–water partition coefficient (Wildman–Crippen LogP) is 4.41. The Morgan fingerprint density at radius 1 is 1.11 bits per heavy atom. The summed E-state index contributed by atoms with van der Waals surface area (Å²) in [6.45, 7) is 12.5. The maximum Gasteiger partial charge on any atom is 0.281 e. The van der Waals surface area contributed by atoms with Crippen LogP contribution in [0.5, 0.6) is 11.5 Å². The molecule has 5 rings (SSSR count). The smallest absolute Gasteiger partial charge is 0.281 e. The maximum atomic E-state index is 13.2. The molecule has 0 bridgehead atoms. The van der Waals surface area contributed by atoms with Crippen molar-refractivity contribution in [2.45, 2.75) is 87.5 Å². The molecular formula is C28H34N4O5S. The molecule has 2 aliphatic carbocycles. The van der Waals surface area contributed by atoms with Gasteiger partial charge >= 0.3 is 0 Å². The molecule has 2 aromatic rings. The van der Waals surface area contributed by atoms with Crippen molar-refractivity contribution >= 4 is 21.7 Å². The molecule has 1 amide bonds. The molecule has 0 radical (unpaired) electrons. The van der Waals surface area contributed by atoms with Gasteiger partial charge in [0.15, 0.2) is 22.1 Å². The highest BCUT2D eigenvalue weighted by Crippen LogP contribution is 2.44. The van der Waals surface area contributed by atoms with Gasteiger partial charge in [0.25, 0.3) is 15.9 Å². The molecule has 0 atom stereocenters. The first-order chi connectivity index (χ1) is 18.1. The number of ether oxygens (including phenoxy) is 2. The number of sulfonamides is 1. The minimum absolute atomic E-state index is 0.123. The third-order valence-electron chi connectivity index (χ3n) is 7.76. The van der Waals surface area contributed by atoms with Gasteiger partial charge in [-0.1, -0.05) is 12.1 Å². The van der Waals surface area contributed by atoms with Crippen molar-refractivity contribution in [1.82, 2.24) is 9.71 Å². The Bertz CT molecular complexity index is 1350. The number of rotatable bonds is 8. The van der Waals surface area contributed by atoms with Gasteiger partial charge in [-0.15, -0.1) is 0 Å². The molecule has 202 valence electrons. The largest absolute Gasteiger partial charge is 0.487 e. The van der Waals surface area contributed by atoms with Crippen molar-refractivity contribution in [3.8, 4) is 11.5 Å². The van der Waals surface area contributed by atoms with Crippen LogP contribution in [0.25, 0.3) is 4.85 Å². The summed E-state index contributed by atoms with van der Waals surface area (Å²) in [5.74, 6) is 0.843. The minimum Gasteiger partial charge on any atom is -0.487 e. The number of anilines is 1. The minimum atomic E-state index is -4.22. The molecule has 38 heavy (non-hydrogen) atoms. The van der Waals surface area contributed by atoms with Crippen LogP contribution in [0.1, 0.15) is 63.9 Å². The molecule has 10 heteroatoms. The van der Waals surface area contributed by atoms with Gasteiger partial charge in [-0.3, -0.25) is 4.79 Å². The summed E-state index contributed by atoms with van der Waals surface area (Å²) >= 11 is 0. The molecule has 9 nitrogen and oxygen atoms in total. The normalized spacial score (nSPS) is 20.4. The molecule has 3 fully saturated rings. The van der Waals surface area contributed by atoms with Gasteiger partial charge in [0.05, 0.1) is 6.10 Å². The van der Waals surface area contributed by atoms with Gasteiger partial charge < -0.3 is 19.2 Å². The quantitative estimate of drug-likeness (QED) is 0.497. The van der Waals surface area contributed by atoms with E-state index in [4.69, 9.17) is 16.0 Å². The Balaban J connectivity index is 1.29. The number of aromatic nitrogens is 1. The monoisotopic (exact) mass is 538 g/mol. The van der Waals surface area contributed by atoms with Crippen LogP contribution in [0.3, 0.4) is 0 Å². The number of piperidine rings is 1. The molecule has 1 aliphatic heterocycles. The van der Waals surface area contributed by atoms with Crippen molar-refractivity contribution in [2.24, 2.45) is 0 Å². The fourth-order valence-electron chi connectivity index (χ4n) is 5.00. The number of amides is 1. The molecule has 3 aliphatic rings. The zero-order valence-electron chi connectivity index (χ0n) is 21.9. The Morgan fingerprint density at radius 2 is 1.82 bits per heavy atom. The molecule has 0 spiro atoms. The topological polar surface area (TPSA) is 102 Å². The zero-order valence-corrected chi connectivity index (χ0v) is 22.7. The summed E-state index contributed by atoms with van der Waals surface area (Å²) in [5, 5.41) is -0.224. The number of nitrogens with one attached hydrogen (secondary N) is 1. The van der Waals surface area contributed by atoms with Crippen LogP contribution in [0.2, 0.25) is 0 Å². The fourth-order valence-corrected chi connectivity index (χ4v) is 6.01. The van der Waals surface area contributed by atoms with Gasteiger partial charge in [-0.25, -0.2) is 16.3 Å². The second-order valence-corrected chi connectivity index (χ2v) is 12.6. The molecular weight excluding hydrogens is 504 g/mol. The second kappa shape index (κ2) is 10.1. The lowest BCUT2D eigenvalue weighted by Gasteiger charge is -2.32. The van der Waals surface area contributed by atoms with Crippen molar-refractivity contribution in [3.05, 3.63) is 53.4 Å². The number of aryl methyl sites for hydroxylation is 1. The number of nitrogens with zero attached hydrogens (tertiary/aromatic N) is 3. The first-order valence-electron chi connectivity index (χ1n) is 13.3. The van der Waals surface area contributed by atoms with E-state index in [-0.39, 0.29) is 11.1 Å². The van der Waals surface area contributed by atoms with Crippen LogP contribution in [-0.2, 0) is 14.8 Å². The maximum absolute atomic E-state index is 13.2. The lowest BCUT2D eigenvalue weighted by atomic mass is 9.91. The first kappa shape index (κ1) is 26.3. The van der Waals surface area contributed by atoms with Crippen molar-refractivity contribution in [3.63, 3.8) is 0 Å². The second-order valence-electron chi connectivity index (χ2n) is 10.9. The Labute approximate surface area is 224 Å². The lowest BCUT2D eigenvalue weighted by molar-refractivity contribution is -0.128. The molecule has 0 unspecified atom stereocenters. The summed E-state index contributed by atoms with van der Waals surface area (Å²) in [5.41, 5.74) is -0.701. The van der Waals surface area contributed by atoms with Crippen LogP contribution in [0.4, 0.5) is 5.82 Å². The predicted molar refractivity (Wildman–Crippen MR) is 143 cm³/mol. The summed E-state index contributed by atoms with van der Waals surface area (Å²) < 4.78 is 40.9. The number of hydrogen-bond donors (Lipinski definition) is 1. The van der Waals surface area contributed by atoms with E-state index in [1.807, 2.05) is 36.9 Å². The Morgan fingerprint density at radius 3 is 2.47 bits per heavy atom. The van der Waals surface area contributed by atoms with Crippen molar-refractivity contribution in [2.75, 3.05) is 18.0 Å². The van der Waals surface area contributed by atoms with Crippen LogP contribution >= 0.6 is 0 Å². The molecule has 2 heterocycles. The van der Waals surface area contributed by atoms with E-state index < -0.39 is 27.1 Å². The number of benzene rings is 1. The van der Waals surface area contributed by atoms with Gasteiger partial charge in [-0.2, -0.15) is 8.42 Å². The zero-order chi connectivity index (χ0) is 27.0. The third kappa shape index (κ3) is 5.58. The van der Waals surface area contributed by atoms with Crippen LogP contribution < -0.4 is 19.1 Å². The van der Waals surface area contributed by atoms with E-state index in [1.54, 1.807) is 12.1 Å². The van der Waals surface area contributed by atoms with Gasteiger partial charge in [0.1, 0.15) is 5.82 Å².